The van der Waals surface area contributed by atoms with E-state index in [0.717, 1.165) is 24.6 Å². The molecule has 0 saturated carbocycles. The predicted molar refractivity (Wildman–Crippen MR) is 75.1 cm³/mol. The molecule has 2 aliphatic heterocycles. The topological polar surface area (TPSA) is 41.1 Å². The Labute approximate surface area is 112 Å². The molecule has 2 N–H and O–H groups in total. The number of anilines is 1. The van der Waals surface area contributed by atoms with E-state index in [9.17, 15) is 4.79 Å². The Hall–Kier alpha value is -1.00. The minimum absolute atomic E-state index is 0.115. The van der Waals surface area contributed by atoms with Crippen LogP contribution in [0.3, 0.4) is 0 Å². The van der Waals surface area contributed by atoms with Crippen molar-refractivity contribution in [2.45, 2.75) is 24.2 Å². The first-order valence-electron chi connectivity index (χ1n) is 6.57. The Morgan fingerprint density at radius 3 is 3.17 bits per heavy atom. The third kappa shape index (κ3) is 2.70. The van der Waals surface area contributed by atoms with Crippen LogP contribution in [-0.2, 0) is 11.2 Å². The molecular weight excluding hydrogens is 244 g/mol. The molecule has 1 atom stereocenters. The summed E-state index contributed by atoms with van der Waals surface area (Å²) in [5.74, 6) is 1.48. The Bertz CT molecular complexity index is 455. The second-order valence-corrected chi connectivity index (χ2v) is 6.08. The van der Waals surface area contributed by atoms with Gasteiger partial charge in [-0.3, -0.25) is 4.79 Å². The normalized spacial score (nSPS) is 22.7. The van der Waals surface area contributed by atoms with Crippen LogP contribution in [0.15, 0.2) is 23.1 Å². The van der Waals surface area contributed by atoms with Crippen LogP contribution in [0.2, 0.25) is 0 Å². The van der Waals surface area contributed by atoms with Crippen molar-refractivity contribution >= 4 is 23.4 Å². The summed E-state index contributed by atoms with van der Waals surface area (Å²) in [6, 6.07) is 6.48. The fourth-order valence-corrected chi connectivity index (χ4v) is 3.41. The number of rotatable bonds is 3. The lowest BCUT2D eigenvalue weighted by atomic mass is 9.98. The number of carbonyl (C=O) groups is 1. The van der Waals surface area contributed by atoms with Crippen LogP contribution in [-0.4, -0.2) is 24.7 Å². The minimum atomic E-state index is 0.115. The molecule has 18 heavy (non-hydrogen) atoms. The van der Waals surface area contributed by atoms with Gasteiger partial charge in [0.25, 0.3) is 0 Å². The van der Waals surface area contributed by atoms with Gasteiger partial charge in [-0.1, -0.05) is 6.07 Å². The molecule has 0 aromatic heterocycles. The maximum absolute atomic E-state index is 11.4. The smallest absolute Gasteiger partial charge is 0.234 e. The molecule has 4 heteroatoms. The van der Waals surface area contributed by atoms with Crippen LogP contribution in [0.5, 0.6) is 0 Å². The summed E-state index contributed by atoms with van der Waals surface area (Å²) >= 11 is 1.63. The Kier molecular flexibility index (Phi) is 3.57. The van der Waals surface area contributed by atoms with Gasteiger partial charge in [0, 0.05) is 4.90 Å². The molecule has 0 bridgehead atoms. The number of benzene rings is 1. The predicted octanol–water partition coefficient (Wildman–Crippen LogP) is 2.27. The number of fused-ring (bicyclic) bond motifs is 1. The monoisotopic (exact) mass is 262 g/mol. The lowest BCUT2D eigenvalue weighted by Gasteiger charge is -2.17. The summed E-state index contributed by atoms with van der Waals surface area (Å²) in [6.07, 6.45) is 3.66. The van der Waals surface area contributed by atoms with Gasteiger partial charge in [-0.2, -0.15) is 0 Å². The third-order valence-corrected chi connectivity index (χ3v) is 4.75. The van der Waals surface area contributed by atoms with Crippen LogP contribution in [0.4, 0.5) is 5.69 Å². The van der Waals surface area contributed by atoms with Gasteiger partial charge in [0.15, 0.2) is 0 Å². The van der Waals surface area contributed by atoms with Gasteiger partial charge in [-0.15, -0.1) is 11.8 Å². The SMILES string of the molecule is O=C1CSc2ccc(CCC3CCNC3)cc2N1. The number of carbonyl (C=O) groups excluding carboxylic acids is 1. The highest BCUT2D eigenvalue weighted by Crippen LogP contribution is 2.32. The number of amides is 1. The second-order valence-electron chi connectivity index (χ2n) is 5.06. The number of thioether (sulfide) groups is 1. The van der Waals surface area contributed by atoms with Crippen LogP contribution in [0.1, 0.15) is 18.4 Å². The minimum Gasteiger partial charge on any atom is -0.324 e. The van der Waals surface area contributed by atoms with Gasteiger partial charge < -0.3 is 10.6 Å². The number of aryl methyl sites for hydroxylation is 1. The summed E-state index contributed by atoms with van der Waals surface area (Å²) in [5, 5.41) is 6.36. The fourth-order valence-electron chi connectivity index (χ4n) is 2.62. The summed E-state index contributed by atoms with van der Waals surface area (Å²) in [7, 11) is 0. The maximum atomic E-state index is 11.4. The van der Waals surface area contributed by atoms with Gasteiger partial charge >= 0.3 is 0 Å². The van der Waals surface area contributed by atoms with Gasteiger partial charge in [0.05, 0.1) is 11.4 Å². The Morgan fingerprint density at radius 2 is 2.33 bits per heavy atom. The summed E-state index contributed by atoms with van der Waals surface area (Å²) < 4.78 is 0. The van der Waals surface area contributed by atoms with Gasteiger partial charge in [-0.25, -0.2) is 0 Å². The van der Waals surface area contributed by atoms with E-state index in [2.05, 4.69) is 28.8 Å². The molecule has 3 rings (SSSR count). The molecular formula is C14H18N2OS. The van der Waals surface area contributed by atoms with E-state index in [1.807, 2.05) is 0 Å². The average molecular weight is 262 g/mol. The van der Waals surface area contributed by atoms with E-state index in [1.54, 1.807) is 11.8 Å². The zero-order chi connectivity index (χ0) is 12.4. The second kappa shape index (κ2) is 5.33. The average Bonchev–Trinajstić information content (AvgIpc) is 2.89. The first-order chi connectivity index (χ1) is 8.81. The van der Waals surface area contributed by atoms with Crippen molar-refractivity contribution in [1.82, 2.24) is 5.32 Å². The van der Waals surface area contributed by atoms with Gasteiger partial charge in [0.2, 0.25) is 5.91 Å². The lowest BCUT2D eigenvalue weighted by Crippen LogP contribution is -2.18. The molecule has 3 nitrogen and oxygen atoms in total. The number of hydrogen-bond donors (Lipinski definition) is 2. The zero-order valence-corrected chi connectivity index (χ0v) is 11.2. The number of nitrogens with one attached hydrogen (secondary N) is 2. The maximum Gasteiger partial charge on any atom is 0.234 e. The van der Waals surface area contributed by atoms with Gasteiger partial charge in [0.1, 0.15) is 0 Å². The molecule has 0 aliphatic carbocycles. The van der Waals surface area contributed by atoms with E-state index >= 15 is 0 Å². The highest BCUT2D eigenvalue weighted by Gasteiger charge is 2.17. The molecule has 0 spiro atoms. The summed E-state index contributed by atoms with van der Waals surface area (Å²) in [5.41, 5.74) is 2.33. The van der Waals surface area contributed by atoms with E-state index in [0.29, 0.717) is 5.75 Å². The van der Waals surface area contributed by atoms with Gasteiger partial charge in [-0.05, 0) is 56.0 Å². The quantitative estimate of drug-likeness (QED) is 0.878. The van der Waals surface area contributed by atoms with Crippen molar-refractivity contribution in [3.8, 4) is 0 Å². The Balaban J connectivity index is 1.65. The molecule has 96 valence electrons. The molecule has 1 aromatic rings. The lowest BCUT2D eigenvalue weighted by molar-refractivity contribution is -0.113. The molecule has 2 aliphatic rings. The molecule has 1 unspecified atom stereocenters. The third-order valence-electron chi connectivity index (χ3n) is 3.68. The molecule has 2 heterocycles. The first-order valence-corrected chi connectivity index (χ1v) is 7.56. The molecule has 1 saturated heterocycles. The zero-order valence-electron chi connectivity index (χ0n) is 10.4. The molecule has 1 fully saturated rings. The molecule has 1 amide bonds. The Morgan fingerprint density at radius 1 is 1.39 bits per heavy atom. The molecule has 0 radical (unpaired) electrons. The van der Waals surface area contributed by atoms with Crippen LogP contribution < -0.4 is 10.6 Å². The summed E-state index contributed by atoms with van der Waals surface area (Å²) in [4.78, 5) is 12.6. The largest absolute Gasteiger partial charge is 0.324 e. The fraction of sp³-hybridized carbons (Fsp3) is 0.500. The van der Waals surface area contributed by atoms with Crippen molar-refractivity contribution in [1.29, 1.82) is 0 Å². The van der Waals surface area contributed by atoms with Crippen molar-refractivity contribution in [2.24, 2.45) is 5.92 Å². The van der Waals surface area contributed by atoms with E-state index in [1.165, 1.54) is 29.8 Å². The van der Waals surface area contributed by atoms with Crippen LogP contribution in [0, 0.1) is 5.92 Å². The summed E-state index contributed by atoms with van der Waals surface area (Å²) in [6.45, 7) is 2.33. The van der Waals surface area contributed by atoms with Crippen LogP contribution >= 0.6 is 11.8 Å². The van der Waals surface area contributed by atoms with E-state index in [-0.39, 0.29) is 5.91 Å². The van der Waals surface area contributed by atoms with Crippen molar-refractivity contribution in [3.63, 3.8) is 0 Å². The first kappa shape index (κ1) is 12.1. The van der Waals surface area contributed by atoms with Crippen molar-refractivity contribution < 1.29 is 4.79 Å². The number of hydrogen-bond acceptors (Lipinski definition) is 3. The van der Waals surface area contributed by atoms with Crippen molar-refractivity contribution in [3.05, 3.63) is 23.8 Å². The van der Waals surface area contributed by atoms with Crippen molar-refractivity contribution in [2.75, 3.05) is 24.2 Å². The van der Waals surface area contributed by atoms with Crippen LogP contribution in [0.25, 0.3) is 0 Å². The van der Waals surface area contributed by atoms with E-state index < -0.39 is 0 Å². The standard InChI is InChI=1S/C14H18N2OS/c17-14-9-18-13-4-3-10(7-12(13)16-14)1-2-11-5-6-15-8-11/h3-4,7,11,15H,1-2,5-6,8-9H2,(H,16,17). The highest BCUT2D eigenvalue weighted by atomic mass is 32.2. The molecule has 1 aromatic carbocycles. The highest BCUT2D eigenvalue weighted by molar-refractivity contribution is 8.00. The van der Waals surface area contributed by atoms with E-state index in [4.69, 9.17) is 0 Å².